The number of anilines is 1. The summed E-state index contributed by atoms with van der Waals surface area (Å²) in [5.41, 5.74) is 3.47. The topological polar surface area (TPSA) is 58.6 Å². The van der Waals surface area contributed by atoms with Crippen LogP contribution in [-0.4, -0.2) is 54.6 Å². The third-order valence-electron chi connectivity index (χ3n) is 6.43. The molecule has 160 valence electrons. The highest BCUT2D eigenvalue weighted by Gasteiger charge is 2.28. The van der Waals surface area contributed by atoms with Crippen LogP contribution in [0.25, 0.3) is 0 Å². The maximum Gasteiger partial charge on any atom is 0.222 e. The molecule has 0 spiro atoms. The van der Waals surface area contributed by atoms with Crippen molar-refractivity contribution in [2.24, 2.45) is 0 Å². The molecule has 2 aliphatic rings. The van der Waals surface area contributed by atoms with Crippen molar-refractivity contribution in [2.45, 2.75) is 51.4 Å². The van der Waals surface area contributed by atoms with Crippen molar-refractivity contribution < 1.29 is 9.53 Å². The quantitative estimate of drug-likeness (QED) is 0.758. The zero-order chi connectivity index (χ0) is 21.1. The molecular formula is C24H32N4O2. The van der Waals surface area contributed by atoms with E-state index < -0.39 is 0 Å². The van der Waals surface area contributed by atoms with E-state index in [9.17, 15) is 4.79 Å². The Morgan fingerprint density at radius 1 is 1.20 bits per heavy atom. The van der Waals surface area contributed by atoms with Gasteiger partial charge in [0.2, 0.25) is 5.91 Å². The van der Waals surface area contributed by atoms with E-state index in [0.717, 1.165) is 67.4 Å². The molecule has 1 fully saturated rings. The van der Waals surface area contributed by atoms with Gasteiger partial charge in [0.25, 0.3) is 0 Å². The molecule has 0 bridgehead atoms. The van der Waals surface area contributed by atoms with Gasteiger partial charge in [-0.3, -0.25) is 4.79 Å². The van der Waals surface area contributed by atoms with Crippen molar-refractivity contribution >= 4 is 11.7 Å². The Morgan fingerprint density at radius 2 is 2.03 bits per heavy atom. The van der Waals surface area contributed by atoms with Gasteiger partial charge in [-0.2, -0.15) is 0 Å². The number of methoxy groups -OCH3 is 1. The average molecular weight is 409 g/mol. The summed E-state index contributed by atoms with van der Waals surface area (Å²) in [4.78, 5) is 27.0. The first-order chi connectivity index (χ1) is 14.6. The Bertz CT molecular complexity index is 914. The standard InChI is InChI=1S/C24H32N4O2/c1-17-20-10-7-14-27(2)24(20)26-23(25-17)19-9-6-15-28(16-19)22(29)13-12-18-8-4-5-11-21(18)30-3/h4-5,8,11,19H,6-7,9-10,12-16H2,1-3H3. The van der Waals surface area contributed by atoms with Gasteiger partial charge in [-0.15, -0.1) is 0 Å². The molecule has 0 radical (unpaired) electrons. The summed E-state index contributed by atoms with van der Waals surface area (Å²) in [5.74, 6) is 3.26. The van der Waals surface area contributed by atoms with Crippen LogP contribution in [0.3, 0.4) is 0 Å². The lowest BCUT2D eigenvalue weighted by molar-refractivity contribution is -0.132. The van der Waals surface area contributed by atoms with E-state index in [-0.39, 0.29) is 11.8 Å². The molecule has 1 aromatic carbocycles. The number of aryl methyl sites for hydroxylation is 2. The lowest BCUT2D eigenvalue weighted by Gasteiger charge is -2.33. The summed E-state index contributed by atoms with van der Waals surface area (Å²) in [6.45, 7) is 4.68. The van der Waals surface area contributed by atoms with Crippen LogP contribution >= 0.6 is 0 Å². The number of carbonyl (C=O) groups excluding carboxylic acids is 1. The van der Waals surface area contributed by atoms with Gasteiger partial charge >= 0.3 is 0 Å². The summed E-state index contributed by atoms with van der Waals surface area (Å²) in [5, 5.41) is 0. The van der Waals surface area contributed by atoms with Crippen molar-refractivity contribution in [3.8, 4) is 5.75 Å². The van der Waals surface area contributed by atoms with Gasteiger partial charge in [-0.05, 0) is 50.7 Å². The van der Waals surface area contributed by atoms with E-state index in [1.807, 2.05) is 29.2 Å². The minimum atomic E-state index is 0.206. The van der Waals surface area contributed by atoms with Crippen molar-refractivity contribution in [2.75, 3.05) is 38.7 Å². The molecule has 2 aliphatic heterocycles. The normalized spacial score (nSPS) is 18.8. The van der Waals surface area contributed by atoms with Gasteiger partial charge in [0.15, 0.2) is 0 Å². The Kier molecular flexibility index (Phi) is 6.21. The number of hydrogen-bond donors (Lipinski definition) is 0. The van der Waals surface area contributed by atoms with Gasteiger partial charge in [0.05, 0.1) is 7.11 Å². The molecule has 2 aromatic rings. The molecule has 0 N–H and O–H groups in total. The maximum absolute atomic E-state index is 12.9. The van der Waals surface area contributed by atoms with E-state index in [0.29, 0.717) is 19.4 Å². The highest BCUT2D eigenvalue weighted by Crippen LogP contribution is 2.31. The number of benzene rings is 1. The number of fused-ring (bicyclic) bond motifs is 1. The minimum Gasteiger partial charge on any atom is -0.496 e. The molecule has 1 aromatic heterocycles. The van der Waals surface area contributed by atoms with Crippen LogP contribution in [0.15, 0.2) is 24.3 Å². The monoisotopic (exact) mass is 408 g/mol. The van der Waals surface area contributed by atoms with Gasteiger partial charge < -0.3 is 14.5 Å². The van der Waals surface area contributed by atoms with Crippen LogP contribution in [-0.2, 0) is 17.6 Å². The molecule has 30 heavy (non-hydrogen) atoms. The highest BCUT2D eigenvalue weighted by molar-refractivity contribution is 5.76. The average Bonchev–Trinajstić information content (AvgIpc) is 2.78. The second-order valence-corrected chi connectivity index (χ2v) is 8.49. The molecule has 6 nitrogen and oxygen atoms in total. The third kappa shape index (κ3) is 4.27. The molecular weight excluding hydrogens is 376 g/mol. The number of carbonyl (C=O) groups is 1. The van der Waals surface area contributed by atoms with Gasteiger partial charge in [0.1, 0.15) is 17.4 Å². The van der Waals surface area contributed by atoms with Crippen LogP contribution in [0.5, 0.6) is 5.75 Å². The molecule has 1 amide bonds. The second kappa shape index (κ2) is 9.02. The number of nitrogens with zero attached hydrogens (tertiary/aromatic N) is 4. The first-order valence-corrected chi connectivity index (χ1v) is 11.0. The second-order valence-electron chi connectivity index (χ2n) is 8.49. The number of para-hydroxylation sites is 1. The summed E-state index contributed by atoms with van der Waals surface area (Å²) in [6.07, 6.45) is 5.46. The Labute approximate surface area is 179 Å². The molecule has 0 aliphatic carbocycles. The summed E-state index contributed by atoms with van der Waals surface area (Å²) in [7, 11) is 3.79. The molecule has 1 unspecified atom stereocenters. The number of aromatic nitrogens is 2. The zero-order valence-corrected chi connectivity index (χ0v) is 18.4. The predicted octanol–water partition coefficient (Wildman–Crippen LogP) is 3.51. The van der Waals surface area contributed by atoms with E-state index >= 15 is 0 Å². The third-order valence-corrected chi connectivity index (χ3v) is 6.43. The number of rotatable bonds is 5. The molecule has 1 saturated heterocycles. The lowest BCUT2D eigenvalue weighted by atomic mass is 9.95. The largest absolute Gasteiger partial charge is 0.496 e. The molecule has 0 saturated carbocycles. The lowest BCUT2D eigenvalue weighted by Crippen LogP contribution is -2.40. The number of hydrogen-bond acceptors (Lipinski definition) is 5. The fraction of sp³-hybridized carbons (Fsp3) is 0.542. The molecule has 3 heterocycles. The van der Waals surface area contributed by atoms with Gasteiger partial charge in [-0.25, -0.2) is 9.97 Å². The maximum atomic E-state index is 12.9. The van der Waals surface area contributed by atoms with Crippen molar-refractivity contribution in [3.63, 3.8) is 0 Å². The smallest absolute Gasteiger partial charge is 0.222 e. The highest BCUT2D eigenvalue weighted by atomic mass is 16.5. The first-order valence-electron chi connectivity index (χ1n) is 11.0. The number of piperidine rings is 1. The van der Waals surface area contributed by atoms with E-state index in [4.69, 9.17) is 14.7 Å². The predicted molar refractivity (Wildman–Crippen MR) is 118 cm³/mol. The Balaban J connectivity index is 1.44. The fourth-order valence-corrected chi connectivity index (χ4v) is 4.72. The van der Waals surface area contributed by atoms with Crippen LogP contribution in [0, 0.1) is 6.92 Å². The molecule has 1 atom stereocenters. The molecule has 6 heteroatoms. The number of ether oxygens (including phenoxy) is 1. The summed E-state index contributed by atoms with van der Waals surface area (Å²) in [6, 6.07) is 7.93. The van der Waals surface area contributed by atoms with Gasteiger partial charge in [-0.1, -0.05) is 18.2 Å². The summed E-state index contributed by atoms with van der Waals surface area (Å²) >= 11 is 0. The Morgan fingerprint density at radius 3 is 2.87 bits per heavy atom. The van der Waals surface area contributed by atoms with Crippen LogP contribution < -0.4 is 9.64 Å². The fourth-order valence-electron chi connectivity index (χ4n) is 4.72. The van der Waals surface area contributed by atoms with Crippen molar-refractivity contribution in [1.29, 1.82) is 0 Å². The van der Waals surface area contributed by atoms with Crippen LogP contribution in [0.4, 0.5) is 5.82 Å². The van der Waals surface area contributed by atoms with Gasteiger partial charge in [0, 0.05) is 50.3 Å². The van der Waals surface area contributed by atoms with Crippen molar-refractivity contribution in [1.82, 2.24) is 14.9 Å². The van der Waals surface area contributed by atoms with Crippen LogP contribution in [0.1, 0.15) is 54.2 Å². The van der Waals surface area contributed by atoms with E-state index in [2.05, 4.69) is 18.9 Å². The Hall–Kier alpha value is -2.63. The summed E-state index contributed by atoms with van der Waals surface area (Å²) < 4.78 is 5.42. The van der Waals surface area contributed by atoms with Crippen molar-refractivity contribution in [3.05, 3.63) is 46.9 Å². The van der Waals surface area contributed by atoms with E-state index in [1.54, 1.807) is 7.11 Å². The zero-order valence-electron chi connectivity index (χ0n) is 18.4. The number of amides is 1. The van der Waals surface area contributed by atoms with Crippen LogP contribution in [0.2, 0.25) is 0 Å². The minimum absolute atomic E-state index is 0.206. The number of likely N-dealkylation sites (tertiary alicyclic amines) is 1. The first kappa shape index (κ1) is 20.6. The van der Waals surface area contributed by atoms with E-state index in [1.165, 1.54) is 5.56 Å². The SMILES string of the molecule is COc1ccccc1CCC(=O)N1CCCC(c2nc(C)c3c(n2)N(C)CCC3)C1. The molecule has 4 rings (SSSR count).